The second kappa shape index (κ2) is 7.91. The van der Waals surface area contributed by atoms with E-state index in [9.17, 15) is 14.0 Å². The number of halogens is 1. The second-order valence-electron chi connectivity index (χ2n) is 6.64. The van der Waals surface area contributed by atoms with Crippen molar-refractivity contribution in [2.75, 3.05) is 13.6 Å². The van der Waals surface area contributed by atoms with Gasteiger partial charge >= 0.3 is 0 Å². The van der Waals surface area contributed by atoms with Gasteiger partial charge in [-0.05, 0) is 43.5 Å². The van der Waals surface area contributed by atoms with Crippen LogP contribution in [0.4, 0.5) is 4.39 Å². The summed E-state index contributed by atoms with van der Waals surface area (Å²) in [5.74, 6) is -1.31. The summed E-state index contributed by atoms with van der Waals surface area (Å²) >= 11 is 0. The number of carbonyl (C=O) groups excluding carboxylic acids is 2. The number of nitrogens with one attached hydrogen (secondary N) is 2. The Bertz CT molecular complexity index is 663. The fourth-order valence-corrected chi connectivity index (χ4v) is 2.39. The van der Waals surface area contributed by atoms with Crippen LogP contribution in [0.1, 0.15) is 38.8 Å². The molecular formula is C18H24FN3O2. The van der Waals surface area contributed by atoms with Crippen LogP contribution in [-0.2, 0) is 15.0 Å². The van der Waals surface area contributed by atoms with E-state index in [-0.39, 0.29) is 35.8 Å². The van der Waals surface area contributed by atoms with Gasteiger partial charge in [0.05, 0.1) is 23.0 Å². The molecule has 1 aromatic carbocycles. The minimum absolute atomic E-state index is 0.0627. The number of nitrogens with zero attached hydrogens (tertiary/aromatic N) is 1. The molecule has 0 saturated carbocycles. The van der Waals surface area contributed by atoms with Crippen molar-refractivity contribution in [3.63, 3.8) is 0 Å². The van der Waals surface area contributed by atoms with Crippen LogP contribution in [0, 0.1) is 29.0 Å². The predicted molar refractivity (Wildman–Crippen MR) is 89.5 cm³/mol. The Morgan fingerprint density at radius 1 is 1.29 bits per heavy atom. The summed E-state index contributed by atoms with van der Waals surface area (Å²) in [5, 5.41) is 14.3. The molecular weight excluding hydrogens is 309 g/mol. The summed E-state index contributed by atoms with van der Waals surface area (Å²) in [4.78, 5) is 24.4. The summed E-state index contributed by atoms with van der Waals surface area (Å²) in [6.45, 7) is 7.32. The molecule has 0 radical (unpaired) electrons. The highest BCUT2D eigenvalue weighted by Gasteiger charge is 2.32. The molecule has 2 N–H and O–H groups in total. The maximum atomic E-state index is 13.6. The van der Waals surface area contributed by atoms with E-state index in [4.69, 9.17) is 5.26 Å². The highest BCUT2D eigenvalue weighted by atomic mass is 19.1. The Morgan fingerprint density at radius 2 is 1.92 bits per heavy atom. The van der Waals surface area contributed by atoms with Crippen LogP contribution in [0.5, 0.6) is 0 Å². The van der Waals surface area contributed by atoms with Crippen molar-refractivity contribution in [2.24, 2.45) is 11.8 Å². The summed E-state index contributed by atoms with van der Waals surface area (Å²) in [6, 6.07) is 5.76. The van der Waals surface area contributed by atoms with Gasteiger partial charge in [-0.15, -0.1) is 0 Å². The smallest absolute Gasteiger partial charge is 0.230 e. The van der Waals surface area contributed by atoms with E-state index >= 15 is 0 Å². The van der Waals surface area contributed by atoms with Crippen LogP contribution < -0.4 is 10.6 Å². The van der Waals surface area contributed by atoms with Gasteiger partial charge in [0.25, 0.3) is 0 Å². The van der Waals surface area contributed by atoms with Crippen molar-refractivity contribution in [1.29, 1.82) is 5.26 Å². The minimum atomic E-state index is -1.03. The van der Waals surface area contributed by atoms with Crippen molar-refractivity contribution >= 4 is 11.8 Å². The Hall–Kier alpha value is -2.42. The molecule has 0 aliphatic rings. The molecule has 24 heavy (non-hydrogen) atoms. The Labute approximate surface area is 142 Å². The number of hydrogen-bond donors (Lipinski definition) is 2. The van der Waals surface area contributed by atoms with Gasteiger partial charge in [0.1, 0.15) is 5.82 Å². The lowest BCUT2D eigenvalue weighted by Crippen LogP contribution is -2.45. The lowest BCUT2D eigenvalue weighted by molar-refractivity contribution is -0.128. The standard InChI is InChI=1S/C18H24FN3O2/c1-11(2)15(16(23)21-5)10-22-17(24)18(3,4)13-6-12(9-20)7-14(19)8-13/h6-8,11,15H,10H2,1-5H3,(H,21,23)(H,22,24)/t15-/m1/s1. The fourth-order valence-electron chi connectivity index (χ4n) is 2.39. The van der Waals surface area contributed by atoms with Crippen LogP contribution in [0.15, 0.2) is 18.2 Å². The van der Waals surface area contributed by atoms with Crippen molar-refractivity contribution in [3.8, 4) is 6.07 Å². The molecule has 0 aliphatic heterocycles. The van der Waals surface area contributed by atoms with Gasteiger partial charge < -0.3 is 10.6 Å². The van der Waals surface area contributed by atoms with E-state index in [1.807, 2.05) is 19.9 Å². The zero-order valence-electron chi connectivity index (χ0n) is 14.7. The zero-order valence-corrected chi connectivity index (χ0v) is 14.7. The van der Waals surface area contributed by atoms with Crippen molar-refractivity contribution in [3.05, 3.63) is 35.1 Å². The van der Waals surface area contributed by atoms with Gasteiger partial charge in [-0.3, -0.25) is 9.59 Å². The summed E-state index contributed by atoms with van der Waals surface area (Å²) < 4.78 is 13.6. The molecule has 130 valence electrons. The normalized spacial score (nSPS) is 12.4. The van der Waals surface area contributed by atoms with Crippen LogP contribution in [0.3, 0.4) is 0 Å². The third kappa shape index (κ3) is 4.54. The topological polar surface area (TPSA) is 82.0 Å². The molecule has 0 bridgehead atoms. The van der Waals surface area contributed by atoms with Gasteiger partial charge in [-0.25, -0.2) is 4.39 Å². The second-order valence-corrected chi connectivity index (χ2v) is 6.64. The molecule has 1 aromatic rings. The van der Waals surface area contributed by atoms with E-state index in [1.54, 1.807) is 20.9 Å². The van der Waals surface area contributed by atoms with E-state index in [1.165, 1.54) is 12.1 Å². The number of benzene rings is 1. The Kier molecular flexibility index (Phi) is 6.47. The van der Waals surface area contributed by atoms with Crippen molar-refractivity contribution in [2.45, 2.75) is 33.1 Å². The largest absolute Gasteiger partial charge is 0.359 e. The molecule has 0 spiro atoms. The fraction of sp³-hybridized carbons (Fsp3) is 0.500. The van der Waals surface area contributed by atoms with Crippen LogP contribution >= 0.6 is 0 Å². The third-order valence-corrected chi connectivity index (χ3v) is 4.19. The maximum Gasteiger partial charge on any atom is 0.230 e. The van der Waals surface area contributed by atoms with Crippen LogP contribution in [-0.4, -0.2) is 25.4 Å². The molecule has 5 nitrogen and oxygen atoms in total. The quantitative estimate of drug-likeness (QED) is 0.836. The van der Waals surface area contributed by atoms with E-state index in [0.717, 1.165) is 6.07 Å². The first kappa shape index (κ1) is 19.6. The number of rotatable bonds is 6. The van der Waals surface area contributed by atoms with Gasteiger partial charge in [-0.2, -0.15) is 5.26 Å². The molecule has 0 fully saturated rings. The minimum Gasteiger partial charge on any atom is -0.359 e. The molecule has 2 amide bonds. The number of carbonyl (C=O) groups is 2. The van der Waals surface area contributed by atoms with E-state index in [0.29, 0.717) is 5.56 Å². The predicted octanol–water partition coefficient (Wildman–Crippen LogP) is 2.11. The average Bonchev–Trinajstić information content (AvgIpc) is 2.53. The molecule has 0 saturated heterocycles. The monoisotopic (exact) mass is 333 g/mol. The number of hydrogen-bond acceptors (Lipinski definition) is 3. The Balaban J connectivity index is 2.95. The summed E-state index contributed by atoms with van der Waals surface area (Å²) in [6.07, 6.45) is 0. The molecule has 0 aromatic heterocycles. The molecule has 0 unspecified atom stereocenters. The molecule has 0 aliphatic carbocycles. The molecule has 1 rings (SSSR count). The van der Waals surface area contributed by atoms with Crippen LogP contribution in [0.25, 0.3) is 0 Å². The highest BCUT2D eigenvalue weighted by Crippen LogP contribution is 2.25. The lowest BCUT2D eigenvalue weighted by atomic mass is 9.82. The average molecular weight is 333 g/mol. The zero-order chi connectivity index (χ0) is 18.5. The lowest BCUT2D eigenvalue weighted by Gasteiger charge is -2.27. The first-order valence-corrected chi connectivity index (χ1v) is 7.84. The molecule has 6 heteroatoms. The van der Waals surface area contributed by atoms with Crippen molar-refractivity contribution in [1.82, 2.24) is 10.6 Å². The highest BCUT2D eigenvalue weighted by molar-refractivity contribution is 5.88. The maximum absolute atomic E-state index is 13.6. The number of amides is 2. The molecule has 0 heterocycles. The summed E-state index contributed by atoms with van der Waals surface area (Å²) in [5.41, 5.74) is -0.452. The van der Waals surface area contributed by atoms with Gasteiger partial charge in [0.2, 0.25) is 11.8 Å². The van der Waals surface area contributed by atoms with Crippen LogP contribution in [0.2, 0.25) is 0 Å². The summed E-state index contributed by atoms with van der Waals surface area (Å²) in [7, 11) is 1.56. The van der Waals surface area contributed by atoms with Crippen molar-refractivity contribution < 1.29 is 14.0 Å². The Morgan fingerprint density at radius 3 is 2.42 bits per heavy atom. The first-order chi connectivity index (χ1) is 11.1. The van der Waals surface area contributed by atoms with Gasteiger partial charge in [0, 0.05) is 13.6 Å². The molecule has 1 atom stereocenters. The number of nitriles is 1. The SMILES string of the molecule is CNC(=O)[C@H](CNC(=O)C(C)(C)c1cc(F)cc(C#N)c1)C(C)C. The van der Waals surface area contributed by atoms with E-state index in [2.05, 4.69) is 10.6 Å². The van der Waals surface area contributed by atoms with E-state index < -0.39 is 11.2 Å². The first-order valence-electron chi connectivity index (χ1n) is 7.84. The van der Waals surface area contributed by atoms with Gasteiger partial charge in [-0.1, -0.05) is 13.8 Å². The van der Waals surface area contributed by atoms with Gasteiger partial charge in [0.15, 0.2) is 0 Å². The third-order valence-electron chi connectivity index (χ3n) is 4.19.